The molecule has 0 spiro atoms. The summed E-state index contributed by atoms with van der Waals surface area (Å²) in [5.74, 6) is 0. The molecule has 2 atom stereocenters. The van der Waals surface area contributed by atoms with Crippen molar-refractivity contribution in [2.75, 3.05) is 6.61 Å². The summed E-state index contributed by atoms with van der Waals surface area (Å²) < 4.78 is 13.4. The molecule has 0 bridgehead atoms. The van der Waals surface area contributed by atoms with Crippen LogP contribution in [0.2, 0.25) is 7.86 Å². The molecule has 2 nitrogen and oxygen atoms in total. The number of rotatable bonds is 2. The van der Waals surface area contributed by atoms with E-state index in [0.717, 1.165) is 58.9 Å². The van der Waals surface area contributed by atoms with Crippen LogP contribution >= 0.6 is 0 Å². The van der Waals surface area contributed by atoms with Crippen LogP contribution in [-0.4, -0.2) is 19.0 Å². The van der Waals surface area contributed by atoms with Crippen molar-refractivity contribution < 1.29 is 61.7 Å². The predicted octanol–water partition coefficient (Wildman–Crippen LogP) is 0.658. The van der Waals surface area contributed by atoms with Crippen LogP contribution in [0.25, 0.3) is 0 Å². The summed E-state index contributed by atoms with van der Waals surface area (Å²) in [5.41, 5.74) is 0. The summed E-state index contributed by atoms with van der Waals surface area (Å²) in [4.78, 5) is 0. The molecule has 1 rings (SSSR count). The molecule has 44 valence electrons. The fourth-order valence-corrected chi connectivity index (χ4v) is 3.16. The molecule has 0 aliphatic carbocycles. The first-order chi connectivity index (χ1) is 4.36. The Balaban J connectivity index is 2.20. The van der Waals surface area contributed by atoms with Gasteiger partial charge in [-0.3, -0.25) is 0 Å². The van der Waals surface area contributed by atoms with Crippen LogP contribution in [0.1, 0.15) is 0 Å². The molecule has 0 aromatic rings. The zero-order valence-electron chi connectivity index (χ0n) is 5.51. The Morgan fingerprint density at radius 3 is 2.44 bits per heavy atom. The molecule has 1 fully saturated rings. The monoisotopic (exact) mass is 504 g/mol. The molecule has 9 heavy (non-hydrogen) atoms. The maximum absolute atomic E-state index is 5.53. The molecular formula is C5H8Hg2O2. The third-order valence-corrected chi connectivity index (χ3v) is 5.71. The summed E-state index contributed by atoms with van der Waals surface area (Å²) >= 11 is 1.71. The van der Waals surface area contributed by atoms with Gasteiger partial charge in [-0.15, -0.1) is 0 Å². The van der Waals surface area contributed by atoms with Crippen molar-refractivity contribution in [3.8, 4) is 0 Å². The van der Waals surface area contributed by atoms with Crippen LogP contribution in [-0.2, 0) is 61.7 Å². The molecule has 2 unspecified atom stereocenters. The van der Waals surface area contributed by atoms with Crippen molar-refractivity contribution in [3.63, 3.8) is 0 Å². The van der Waals surface area contributed by atoms with E-state index in [9.17, 15) is 0 Å². The average molecular weight is 501 g/mol. The van der Waals surface area contributed by atoms with E-state index in [2.05, 4.69) is 0 Å². The Kier molecular flexibility index (Phi) is 4.56. The Morgan fingerprint density at radius 1 is 1.33 bits per heavy atom. The third-order valence-electron chi connectivity index (χ3n) is 1.37. The fourth-order valence-electron chi connectivity index (χ4n) is 0.811. The summed E-state index contributed by atoms with van der Waals surface area (Å²) in [6.45, 7) is 0.866. The van der Waals surface area contributed by atoms with Crippen LogP contribution in [0.15, 0.2) is 0 Å². The number of hydrogen-bond acceptors (Lipinski definition) is 2. The van der Waals surface area contributed by atoms with Crippen molar-refractivity contribution >= 4 is 0 Å². The molecule has 0 aromatic heterocycles. The van der Waals surface area contributed by atoms with E-state index in [1.54, 1.807) is 0 Å². The minimum absolute atomic E-state index is 0.196. The molecule has 0 aromatic carbocycles. The Bertz CT molecular complexity index is 79.0. The van der Waals surface area contributed by atoms with Gasteiger partial charge in [0.1, 0.15) is 0 Å². The predicted molar refractivity (Wildman–Crippen MR) is 24.2 cm³/mol. The van der Waals surface area contributed by atoms with E-state index in [1.165, 1.54) is 7.86 Å². The van der Waals surface area contributed by atoms with E-state index >= 15 is 0 Å². The summed E-state index contributed by atoms with van der Waals surface area (Å²) in [6.07, 6.45) is 0.670. The molecule has 4 heteroatoms. The first-order valence-corrected chi connectivity index (χ1v) is 11.0. The minimum atomic E-state index is 0.196. The first kappa shape index (κ1) is 8.88. The second kappa shape index (κ2) is 4.62. The van der Waals surface area contributed by atoms with Crippen LogP contribution in [0.5, 0.6) is 0 Å². The van der Waals surface area contributed by atoms with Gasteiger partial charge in [0, 0.05) is 0 Å². The number of ether oxygens (including phenoxy) is 2. The Morgan fingerprint density at radius 2 is 2.11 bits per heavy atom. The maximum atomic E-state index is 5.53. The van der Waals surface area contributed by atoms with E-state index in [-0.39, 0.29) is 6.29 Å². The van der Waals surface area contributed by atoms with Gasteiger partial charge in [0.2, 0.25) is 0 Å². The van der Waals surface area contributed by atoms with E-state index in [0.29, 0.717) is 6.10 Å². The quantitative estimate of drug-likeness (QED) is 0.518. The molecule has 0 saturated carbocycles. The van der Waals surface area contributed by atoms with Gasteiger partial charge in [-0.25, -0.2) is 0 Å². The van der Waals surface area contributed by atoms with E-state index in [1.807, 2.05) is 0 Å². The normalized spacial score (nSPS) is 35.6. The first-order valence-electron chi connectivity index (χ1n) is 3.22. The topological polar surface area (TPSA) is 18.5 Å². The molecule has 0 N–H and O–H groups in total. The second-order valence-corrected chi connectivity index (χ2v) is 6.59. The van der Waals surface area contributed by atoms with E-state index in [4.69, 9.17) is 9.47 Å². The van der Waals surface area contributed by atoms with Crippen LogP contribution in [0.4, 0.5) is 0 Å². The SMILES string of the molecule is [Hg][CH2]C1COC([CH2][Hg])O1. The van der Waals surface area contributed by atoms with Crippen molar-refractivity contribution in [2.24, 2.45) is 0 Å². The van der Waals surface area contributed by atoms with Crippen LogP contribution in [0, 0.1) is 0 Å². The van der Waals surface area contributed by atoms with Crippen LogP contribution < -0.4 is 0 Å². The molecule has 0 amide bonds. The molecule has 0 radical (unpaired) electrons. The molecular weight excluding hydrogens is 493 g/mol. The van der Waals surface area contributed by atoms with Crippen molar-refractivity contribution in [2.45, 2.75) is 20.3 Å². The van der Waals surface area contributed by atoms with Crippen molar-refractivity contribution in [1.29, 1.82) is 0 Å². The number of hydrogen-bond donors (Lipinski definition) is 0. The van der Waals surface area contributed by atoms with Crippen molar-refractivity contribution in [1.82, 2.24) is 0 Å². The van der Waals surface area contributed by atoms with Gasteiger partial charge in [-0.1, -0.05) is 0 Å². The van der Waals surface area contributed by atoms with Gasteiger partial charge in [0.05, 0.1) is 0 Å². The second-order valence-electron chi connectivity index (χ2n) is 2.10. The van der Waals surface area contributed by atoms with Crippen molar-refractivity contribution in [3.05, 3.63) is 0 Å². The summed E-state index contributed by atoms with van der Waals surface area (Å²) in [6, 6.07) is 0. The zero-order chi connectivity index (χ0) is 6.69. The van der Waals surface area contributed by atoms with Gasteiger partial charge in [0.25, 0.3) is 0 Å². The van der Waals surface area contributed by atoms with Crippen LogP contribution in [0.3, 0.4) is 0 Å². The third kappa shape index (κ3) is 2.72. The summed E-state index contributed by atoms with van der Waals surface area (Å²) in [5, 5.41) is 0. The fraction of sp³-hybridized carbons (Fsp3) is 1.00. The van der Waals surface area contributed by atoms with Gasteiger partial charge in [-0.2, -0.15) is 0 Å². The average Bonchev–Trinajstić information content (AvgIpc) is 2.34. The zero-order valence-corrected chi connectivity index (χ0v) is 16.5. The molecule has 1 saturated heterocycles. The molecule has 1 aliphatic rings. The Labute approximate surface area is 87.6 Å². The Hall–Kier alpha value is 1.79. The van der Waals surface area contributed by atoms with Gasteiger partial charge < -0.3 is 0 Å². The van der Waals surface area contributed by atoms with Gasteiger partial charge >= 0.3 is 88.6 Å². The molecule has 1 heterocycles. The standard InChI is InChI=1S/C5H8O2.2Hg/c1-4-3-6-5(2)7-4;;/h4-5H,1-3H2;;. The summed E-state index contributed by atoms with van der Waals surface area (Å²) in [7, 11) is 0. The van der Waals surface area contributed by atoms with E-state index < -0.39 is 0 Å². The van der Waals surface area contributed by atoms with Gasteiger partial charge in [0.15, 0.2) is 0 Å². The van der Waals surface area contributed by atoms with Gasteiger partial charge in [-0.05, 0) is 0 Å². The molecule has 1 aliphatic heterocycles.